The van der Waals surface area contributed by atoms with Crippen molar-refractivity contribution in [1.29, 1.82) is 0 Å². The Morgan fingerprint density at radius 2 is 2.29 bits per heavy atom. The normalized spacial score (nSPS) is 22.6. The molecule has 0 spiro atoms. The van der Waals surface area contributed by atoms with Gasteiger partial charge >= 0.3 is 0 Å². The molecule has 1 aromatic heterocycles. The number of H-pyrrole nitrogens is 1. The van der Waals surface area contributed by atoms with Gasteiger partial charge in [0.25, 0.3) is 0 Å². The van der Waals surface area contributed by atoms with Crippen LogP contribution in [0.4, 0.5) is 0 Å². The number of hydrogen-bond donors (Lipinski definition) is 2. The van der Waals surface area contributed by atoms with Crippen molar-refractivity contribution in [3.05, 3.63) is 30.1 Å². The summed E-state index contributed by atoms with van der Waals surface area (Å²) in [7, 11) is 0. The van der Waals surface area contributed by atoms with Crippen LogP contribution in [0.2, 0.25) is 0 Å². The SMILES string of the molecule is CC1CC1C(=O)NCc1nc2ccccc2[nH]1. The van der Waals surface area contributed by atoms with Gasteiger partial charge in [-0.05, 0) is 24.5 Å². The van der Waals surface area contributed by atoms with Crippen LogP contribution in [0.5, 0.6) is 0 Å². The van der Waals surface area contributed by atoms with Crippen molar-refractivity contribution in [3.63, 3.8) is 0 Å². The summed E-state index contributed by atoms with van der Waals surface area (Å²) in [6.07, 6.45) is 1.02. The number of imidazole rings is 1. The number of aromatic amines is 1. The molecule has 1 heterocycles. The smallest absolute Gasteiger partial charge is 0.223 e. The Kier molecular flexibility index (Phi) is 2.35. The summed E-state index contributed by atoms with van der Waals surface area (Å²) in [6.45, 7) is 2.59. The lowest BCUT2D eigenvalue weighted by Crippen LogP contribution is -2.25. The van der Waals surface area contributed by atoms with Gasteiger partial charge in [0.05, 0.1) is 17.6 Å². The van der Waals surface area contributed by atoms with E-state index in [1.54, 1.807) is 0 Å². The average molecular weight is 229 g/mol. The minimum Gasteiger partial charge on any atom is -0.349 e. The highest BCUT2D eigenvalue weighted by Crippen LogP contribution is 2.37. The third kappa shape index (κ3) is 2.02. The third-order valence-corrected chi connectivity index (χ3v) is 3.31. The number of fused-ring (bicyclic) bond motifs is 1. The first-order valence-electron chi connectivity index (χ1n) is 5.95. The Balaban J connectivity index is 1.66. The molecular formula is C13H15N3O. The number of carbonyl (C=O) groups is 1. The lowest BCUT2D eigenvalue weighted by Gasteiger charge is -2.00. The van der Waals surface area contributed by atoms with Gasteiger partial charge in [-0.2, -0.15) is 0 Å². The van der Waals surface area contributed by atoms with Gasteiger partial charge in [-0.3, -0.25) is 4.79 Å². The van der Waals surface area contributed by atoms with Gasteiger partial charge in [0.1, 0.15) is 5.82 Å². The first kappa shape index (κ1) is 10.3. The highest BCUT2D eigenvalue weighted by molar-refractivity contribution is 5.81. The fraction of sp³-hybridized carbons (Fsp3) is 0.385. The number of benzene rings is 1. The number of nitrogens with zero attached hydrogens (tertiary/aromatic N) is 1. The topological polar surface area (TPSA) is 57.8 Å². The molecule has 4 heteroatoms. The lowest BCUT2D eigenvalue weighted by molar-refractivity contribution is -0.122. The summed E-state index contributed by atoms with van der Waals surface area (Å²) in [5.41, 5.74) is 1.95. The molecule has 4 nitrogen and oxygen atoms in total. The minimum atomic E-state index is 0.151. The van der Waals surface area contributed by atoms with Crippen LogP contribution < -0.4 is 5.32 Å². The summed E-state index contributed by atoms with van der Waals surface area (Å²) in [5.74, 6) is 1.73. The number of amides is 1. The first-order chi connectivity index (χ1) is 8.24. The maximum absolute atomic E-state index is 11.7. The Bertz CT molecular complexity index is 528. The van der Waals surface area contributed by atoms with Crippen molar-refractivity contribution in [3.8, 4) is 0 Å². The van der Waals surface area contributed by atoms with E-state index in [0.717, 1.165) is 23.3 Å². The summed E-state index contributed by atoms with van der Waals surface area (Å²) in [5, 5.41) is 2.92. The van der Waals surface area contributed by atoms with E-state index in [1.165, 1.54) is 0 Å². The van der Waals surface area contributed by atoms with Gasteiger partial charge in [0.15, 0.2) is 0 Å². The molecule has 2 atom stereocenters. The van der Waals surface area contributed by atoms with Crippen molar-refractivity contribution in [1.82, 2.24) is 15.3 Å². The molecule has 0 bridgehead atoms. The predicted octanol–water partition coefficient (Wildman–Crippen LogP) is 1.84. The number of para-hydroxylation sites is 2. The average Bonchev–Trinajstić information content (AvgIpc) is 2.92. The van der Waals surface area contributed by atoms with E-state index in [4.69, 9.17) is 0 Å². The van der Waals surface area contributed by atoms with Crippen LogP contribution in [-0.4, -0.2) is 15.9 Å². The van der Waals surface area contributed by atoms with Crippen molar-refractivity contribution < 1.29 is 4.79 Å². The molecule has 1 saturated carbocycles. The molecule has 2 unspecified atom stereocenters. The van der Waals surface area contributed by atoms with Crippen LogP contribution in [0.1, 0.15) is 19.2 Å². The van der Waals surface area contributed by atoms with E-state index >= 15 is 0 Å². The molecular weight excluding hydrogens is 214 g/mol. The van der Waals surface area contributed by atoms with Crippen LogP contribution in [0, 0.1) is 11.8 Å². The molecule has 2 N–H and O–H groups in total. The number of carbonyl (C=O) groups excluding carboxylic acids is 1. The molecule has 1 fully saturated rings. The minimum absolute atomic E-state index is 0.151. The van der Waals surface area contributed by atoms with E-state index in [0.29, 0.717) is 12.5 Å². The molecule has 1 aliphatic carbocycles. The third-order valence-electron chi connectivity index (χ3n) is 3.31. The zero-order chi connectivity index (χ0) is 11.8. The van der Waals surface area contributed by atoms with Gasteiger partial charge in [-0.15, -0.1) is 0 Å². The van der Waals surface area contributed by atoms with Gasteiger partial charge in [-0.1, -0.05) is 19.1 Å². The highest BCUT2D eigenvalue weighted by Gasteiger charge is 2.38. The molecule has 1 aliphatic rings. The van der Waals surface area contributed by atoms with Crippen molar-refractivity contribution >= 4 is 16.9 Å². The molecule has 0 aliphatic heterocycles. The molecule has 2 aromatic rings. The molecule has 0 saturated heterocycles. The van der Waals surface area contributed by atoms with Gasteiger partial charge in [-0.25, -0.2) is 4.98 Å². The summed E-state index contributed by atoms with van der Waals surface area (Å²) < 4.78 is 0. The molecule has 17 heavy (non-hydrogen) atoms. The zero-order valence-corrected chi connectivity index (χ0v) is 9.73. The quantitative estimate of drug-likeness (QED) is 0.843. The fourth-order valence-electron chi connectivity index (χ4n) is 2.08. The monoisotopic (exact) mass is 229 g/mol. The first-order valence-corrected chi connectivity index (χ1v) is 5.95. The number of rotatable bonds is 3. The van der Waals surface area contributed by atoms with Crippen LogP contribution in [0.3, 0.4) is 0 Å². The van der Waals surface area contributed by atoms with Crippen molar-refractivity contribution in [2.24, 2.45) is 11.8 Å². The Morgan fingerprint density at radius 1 is 1.53 bits per heavy atom. The van der Waals surface area contributed by atoms with Gasteiger partial charge in [0.2, 0.25) is 5.91 Å². The molecule has 3 rings (SSSR count). The summed E-state index contributed by atoms with van der Waals surface area (Å²) >= 11 is 0. The predicted molar refractivity (Wildman–Crippen MR) is 65.2 cm³/mol. The van der Waals surface area contributed by atoms with Gasteiger partial charge < -0.3 is 10.3 Å². The van der Waals surface area contributed by atoms with Crippen LogP contribution in [0.25, 0.3) is 11.0 Å². The maximum atomic E-state index is 11.7. The van der Waals surface area contributed by atoms with Gasteiger partial charge in [0, 0.05) is 5.92 Å². The molecule has 1 amide bonds. The number of nitrogens with one attached hydrogen (secondary N) is 2. The van der Waals surface area contributed by atoms with E-state index in [-0.39, 0.29) is 11.8 Å². The summed E-state index contributed by atoms with van der Waals surface area (Å²) in [6, 6.07) is 7.86. The largest absolute Gasteiger partial charge is 0.349 e. The standard InChI is InChI=1S/C13H15N3O/c1-8-6-9(8)13(17)14-7-12-15-10-4-2-3-5-11(10)16-12/h2-5,8-9H,6-7H2,1H3,(H,14,17)(H,15,16). The van der Waals surface area contributed by atoms with E-state index < -0.39 is 0 Å². The van der Waals surface area contributed by atoms with Crippen molar-refractivity contribution in [2.75, 3.05) is 0 Å². The van der Waals surface area contributed by atoms with Crippen molar-refractivity contribution in [2.45, 2.75) is 19.9 Å². The van der Waals surface area contributed by atoms with E-state index in [2.05, 4.69) is 22.2 Å². The summed E-state index contributed by atoms with van der Waals surface area (Å²) in [4.78, 5) is 19.3. The second kappa shape index (κ2) is 3.87. The molecule has 0 radical (unpaired) electrons. The molecule has 88 valence electrons. The second-order valence-corrected chi connectivity index (χ2v) is 4.74. The van der Waals surface area contributed by atoms with E-state index in [9.17, 15) is 4.79 Å². The zero-order valence-electron chi connectivity index (χ0n) is 9.73. The Hall–Kier alpha value is -1.84. The van der Waals surface area contributed by atoms with Crippen LogP contribution in [-0.2, 0) is 11.3 Å². The highest BCUT2D eigenvalue weighted by atomic mass is 16.2. The lowest BCUT2D eigenvalue weighted by atomic mass is 10.3. The van der Waals surface area contributed by atoms with Crippen LogP contribution in [0.15, 0.2) is 24.3 Å². The number of hydrogen-bond acceptors (Lipinski definition) is 2. The van der Waals surface area contributed by atoms with Crippen LogP contribution >= 0.6 is 0 Å². The van der Waals surface area contributed by atoms with E-state index in [1.807, 2.05) is 24.3 Å². The Labute approximate surface area is 99.4 Å². The number of aromatic nitrogens is 2. The molecule has 1 aromatic carbocycles. The maximum Gasteiger partial charge on any atom is 0.223 e. The fourth-order valence-corrected chi connectivity index (χ4v) is 2.08. The second-order valence-electron chi connectivity index (χ2n) is 4.74. The Morgan fingerprint density at radius 3 is 3.00 bits per heavy atom.